The lowest BCUT2D eigenvalue weighted by molar-refractivity contribution is 0.100. The molecule has 1 heterocycles. The smallest absolute Gasteiger partial charge is 0.249 e. The maximum Gasteiger partial charge on any atom is 0.249 e. The molecular weight excluding hydrogens is 240 g/mol. The number of aromatic nitrogens is 1. The number of hydrogen-bond donors (Lipinski definition) is 2. The molecular formula is C12H9ClN2O2. The standard InChI is InChI=1S/C12H9ClN2O2/c13-7-4-5-9(15-6-7)11-8(12(14)17)2-1-3-10(11)16/h1-6,16H,(H2,14,17). The van der Waals surface area contributed by atoms with Gasteiger partial charge in [0, 0.05) is 6.20 Å². The van der Waals surface area contributed by atoms with Crippen LogP contribution in [0.3, 0.4) is 0 Å². The molecule has 3 N–H and O–H groups in total. The topological polar surface area (TPSA) is 76.2 Å². The van der Waals surface area contributed by atoms with E-state index in [1.807, 2.05) is 0 Å². The van der Waals surface area contributed by atoms with E-state index in [4.69, 9.17) is 17.3 Å². The van der Waals surface area contributed by atoms with Crippen molar-refractivity contribution < 1.29 is 9.90 Å². The minimum absolute atomic E-state index is 0.0453. The molecule has 0 fully saturated rings. The van der Waals surface area contributed by atoms with Crippen molar-refractivity contribution in [2.75, 3.05) is 0 Å². The molecule has 1 aromatic carbocycles. The highest BCUT2D eigenvalue weighted by atomic mass is 35.5. The number of carbonyl (C=O) groups is 1. The predicted octanol–water partition coefficient (Wildman–Crippen LogP) is 2.21. The van der Waals surface area contributed by atoms with Crippen LogP contribution in [-0.2, 0) is 0 Å². The van der Waals surface area contributed by atoms with Crippen LogP contribution in [0.5, 0.6) is 5.75 Å². The molecule has 5 heteroatoms. The van der Waals surface area contributed by atoms with Gasteiger partial charge in [0.05, 0.1) is 21.8 Å². The largest absolute Gasteiger partial charge is 0.507 e. The van der Waals surface area contributed by atoms with Crippen LogP contribution in [0.1, 0.15) is 10.4 Å². The molecule has 0 saturated heterocycles. The number of phenolic OH excluding ortho intramolecular Hbond substituents is 1. The van der Waals surface area contributed by atoms with Crippen LogP contribution in [0, 0.1) is 0 Å². The number of pyridine rings is 1. The molecule has 1 aromatic heterocycles. The Hall–Kier alpha value is -2.07. The number of nitrogens with zero attached hydrogens (tertiary/aromatic N) is 1. The van der Waals surface area contributed by atoms with E-state index in [0.717, 1.165) is 0 Å². The first-order valence-electron chi connectivity index (χ1n) is 4.83. The lowest BCUT2D eigenvalue weighted by Crippen LogP contribution is -2.12. The zero-order chi connectivity index (χ0) is 12.4. The van der Waals surface area contributed by atoms with Gasteiger partial charge in [0.2, 0.25) is 5.91 Å². The van der Waals surface area contributed by atoms with Crippen LogP contribution in [-0.4, -0.2) is 16.0 Å². The minimum atomic E-state index is -0.618. The van der Waals surface area contributed by atoms with Crippen LogP contribution in [0.2, 0.25) is 5.02 Å². The van der Waals surface area contributed by atoms with Crippen molar-refractivity contribution in [3.8, 4) is 17.0 Å². The molecule has 2 rings (SSSR count). The van der Waals surface area contributed by atoms with Crippen molar-refractivity contribution in [1.82, 2.24) is 4.98 Å². The maximum atomic E-state index is 11.3. The van der Waals surface area contributed by atoms with Gasteiger partial charge in [-0.3, -0.25) is 9.78 Å². The van der Waals surface area contributed by atoms with Crippen LogP contribution >= 0.6 is 11.6 Å². The van der Waals surface area contributed by atoms with Gasteiger partial charge in [-0.2, -0.15) is 0 Å². The number of halogens is 1. The number of hydrogen-bond acceptors (Lipinski definition) is 3. The predicted molar refractivity (Wildman–Crippen MR) is 64.9 cm³/mol. The Bertz CT molecular complexity index is 567. The molecule has 0 atom stereocenters. The first-order valence-corrected chi connectivity index (χ1v) is 5.21. The van der Waals surface area contributed by atoms with Gasteiger partial charge >= 0.3 is 0 Å². The van der Waals surface area contributed by atoms with Gasteiger partial charge in [-0.15, -0.1) is 0 Å². The molecule has 17 heavy (non-hydrogen) atoms. The average molecular weight is 249 g/mol. The van der Waals surface area contributed by atoms with Crippen molar-refractivity contribution >= 4 is 17.5 Å². The summed E-state index contributed by atoms with van der Waals surface area (Å²) >= 11 is 5.72. The molecule has 86 valence electrons. The van der Waals surface area contributed by atoms with Gasteiger partial charge in [0.25, 0.3) is 0 Å². The number of carbonyl (C=O) groups excluding carboxylic acids is 1. The van der Waals surface area contributed by atoms with Crippen molar-refractivity contribution in [2.24, 2.45) is 5.73 Å². The summed E-state index contributed by atoms with van der Waals surface area (Å²) in [5.74, 6) is -0.663. The third kappa shape index (κ3) is 2.21. The molecule has 0 aliphatic carbocycles. The molecule has 0 aliphatic rings. The Morgan fingerprint density at radius 3 is 2.65 bits per heavy atom. The fraction of sp³-hybridized carbons (Fsp3) is 0. The highest BCUT2D eigenvalue weighted by Crippen LogP contribution is 2.31. The fourth-order valence-electron chi connectivity index (χ4n) is 1.54. The quantitative estimate of drug-likeness (QED) is 0.855. The molecule has 0 aliphatic heterocycles. The Balaban J connectivity index is 2.65. The van der Waals surface area contributed by atoms with Gasteiger partial charge in [0.15, 0.2) is 0 Å². The second kappa shape index (κ2) is 4.43. The summed E-state index contributed by atoms with van der Waals surface area (Å²) in [6.07, 6.45) is 1.44. The number of primary amides is 1. The lowest BCUT2D eigenvalue weighted by atomic mass is 10.0. The molecule has 0 unspecified atom stereocenters. The second-order valence-electron chi connectivity index (χ2n) is 3.43. The highest BCUT2D eigenvalue weighted by molar-refractivity contribution is 6.30. The number of phenols is 1. The van der Waals surface area contributed by atoms with E-state index < -0.39 is 5.91 Å². The summed E-state index contributed by atoms with van der Waals surface area (Å²) in [4.78, 5) is 15.3. The minimum Gasteiger partial charge on any atom is -0.507 e. The third-order valence-corrected chi connectivity index (χ3v) is 2.52. The molecule has 0 radical (unpaired) electrons. The summed E-state index contributed by atoms with van der Waals surface area (Å²) in [6, 6.07) is 7.80. The Morgan fingerprint density at radius 1 is 1.29 bits per heavy atom. The summed E-state index contributed by atoms with van der Waals surface area (Å²) in [6.45, 7) is 0. The highest BCUT2D eigenvalue weighted by Gasteiger charge is 2.14. The van der Waals surface area contributed by atoms with E-state index in [9.17, 15) is 9.90 Å². The average Bonchev–Trinajstić information content (AvgIpc) is 2.30. The van der Waals surface area contributed by atoms with Gasteiger partial charge in [-0.05, 0) is 24.3 Å². The summed E-state index contributed by atoms with van der Waals surface area (Å²) in [7, 11) is 0. The number of rotatable bonds is 2. The Morgan fingerprint density at radius 2 is 2.06 bits per heavy atom. The SMILES string of the molecule is NC(=O)c1cccc(O)c1-c1ccc(Cl)cn1. The van der Waals surface area contributed by atoms with Crippen molar-refractivity contribution in [3.05, 3.63) is 47.1 Å². The second-order valence-corrected chi connectivity index (χ2v) is 3.86. The van der Waals surface area contributed by atoms with E-state index in [0.29, 0.717) is 16.3 Å². The molecule has 0 bridgehead atoms. The van der Waals surface area contributed by atoms with E-state index in [1.54, 1.807) is 18.2 Å². The summed E-state index contributed by atoms with van der Waals surface area (Å²) in [5.41, 5.74) is 6.23. The van der Waals surface area contributed by atoms with Crippen molar-refractivity contribution in [2.45, 2.75) is 0 Å². The van der Waals surface area contributed by atoms with E-state index in [1.165, 1.54) is 18.3 Å². The number of nitrogens with two attached hydrogens (primary N) is 1. The number of benzene rings is 1. The van der Waals surface area contributed by atoms with Crippen LogP contribution in [0.15, 0.2) is 36.5 Å². The van der Waals surface area contributed by atoms with Crippen LogP contribution < -0.4 is 5.73 Å². The lowest BCUT2D eigenvalue weighted by Gasteiger charge is -2.08. The summed E-state index contributed by atoms with van der Waals surface area (Å²) < 4.78 is 0. The third-order valence-electron chi connectivity index (χ3n) is 2.29. The van der Waals surface area contributed by atoms with Gasteiger partial charge in [-0.25, -0.2) is 0 Å². The van der Waals surface area contributed by atoms with E-state index >= 15 is 0 Å². The molecule has 0 spiro atoms. The van der Waals surface area contributed by atoms with E-state index in [-0.39, 0.29) is 11.3 Å². The zero-order valence-corrected chi connectivity index (χ0v) is 9.48. The van der Waals surface area contributed by atoms with Gasteiger partial charge in [-0.1, -0.05) is 17.7 Å². The maximum absolute atomic E-state index is 11.3. The van der Waals surface area contributed by atoms with Crippen LogP contribution in [0.25, 0.3) is 11.3 Å². The Kier molecular flexibility index (Phi) is 2.97. The fourth-order valence-corrected chi connectivity index (χ4v) is 1.65. The normalized spacial score (nSPS) is 10.2. The first-order chi connectivity index (χ1) is 8.09. The van der Waals surface area contributed by atoms with Crippen molar-refractivity contribution in [3.63, 3.8) is 0 Å². The van der Waals surface area contributed by atoms with E-state index in [2.05, 4.69) is 4.98 Å². The summed E-state index contributed by atoms with van der Waals surface area (Å²) in [5, 5.41) is 10.3. The molecule has 1 amide bonds. The number of aromatic hydroxyl groups is 1. The van der Waals surface area contributed by atoms with Crippen molar-refractivity contribution in [1.29, 1.82) is 0 Å². The number of amides is 1. The monoisotopic (exact) mass is 248 g/mol. The van der Waals surface area contributed by atoms with Gasteiger partial charge in [0.1, 0.15) is 5.75 Å². The molecule has 4 nitrogen and oxygen atoms in total. The van der Waals surface area contributed by atoms with Crippen LogP contribution in [0.4, 0.5) is 0 Å². The Labute approximate surface area is 103 Å². The molecule has 2 aromatic rings. The molecule has 0 saturated carbocycles. The van der Waals surface area contributed by atoms with Gasteiger partial charge < -0.3 is 10.8 Å². The first kappa shape index (κ1) is 11.4. The zero-order valence-electron chi connectivity index (χ0n) is 8.72.